The van der Waals surface area contributed by atoms with Crippen LogP contribution in [0.1, 0.15) is 67.6 Å². The van der Waals surface area contributed by atoms with Crippen molar-refractivity contribution in [3.05, 3.63) is 47.0 Å². The highest BCUT2D eigenvalue weighted by Crippen LogP contribution is 2.45. The predicted molar refractivity (Wildman–Crippen MR) is 112 cm³/mol. The van der Waals surface area contributed by atoms with Crippen molar-refractivity contribution in [2.75, 3.05) is 11.5 Å². The summed E-state index contributed by atoms with van der Waals surface area (Å²) in [5, 5.41) is 4.46. The number of hydrogen-bond donors (Lipinski definition) is 0. The molecule has 2 aromatic heterocycles. The van der Waals surface area contributed by atoms with Crippen molar-refractivity contribution in [2.24, 2.45) is 0 Å². The van der Waals surface area contributed by atoms with Gasteiger partial charge in [0, 0.05) is 22.6 Å². The molecule has 0 radical (unpaired) electrons. The van der Waals surface area contributed by atoms with E-state index in [-0.39, 0.29) is 17.3 Å². The number of carbonyl (C=O) groups excluding carboxylic acids is 1. The molecular formula is C22H27N5O2. The third kappa shape index (κ3) is 3.24. The Hall–Kier alpha value is -2.96. The highest BCUT2D eigenvalue weighted by Gasteiger charge is 2.41. The number of carbonyl (C=O) groups is 1. The van der Waals surface area contributed by atoms with E-state index in [4.69, 9.17) is 4.74 Å². The van der Waals surface area contributed by atoms with Crippen LogP contribution >= 0.6 is 0 Å². The number of aryl methyl sites for hydroxylation is 2. The summed E-state index contributed by atoms with van der Waals surface area (Å²) in [6.07, 6.45) is 0.838. The number of rotatable bonds is 3. The molecule has 0 saturated carbocycles. The van der Waals surface area contributed by atoms with E-state index in [0.29, 0.717) is 18.3 Å². The summed E-state index contributed by atoms with van der Waals surface area (Å²) in [4.78, 5) is 24.3. The number of amides is 1. The number of anilines is 1. The molecule has 29 heavy (non-hydrogen) atoms. The summed E-state index contributed by atoms with van der Waals surface area (Å²) in [5.41, 5.74) is 3.38. The minimum absolute atomic E-state index is 0.161. The second-order valence-corrected chi connectivity index (χ2v) is 8.40. The van der Waals surface area contributed by atoms with Crippen LogP contribution in [-0.4, -0.2) is 37.6 Å². The molecule has 152 valence electrons. The normalized spacial score (nSPS) is 18.0. The summed E-state index contributed by atoms with van der Waals surface area (Å²) in [6.45, 7) is 12.8. The zero-order chi connectivity index (χ0) is 20.9. The van der Waals surface area contributed by atoms with Gasteiger partial charge in [0.1, 0.15) is 5.75 Å². The smallest absolute Gasteiger partial charge is 0.298 e. The van der Waals surface area contributed by atoms with E-state index in [1.807, 2.05) is 49.9 Å². The average molecular weight is 393 g/mol. The maximum absolute atomic E-state index is 13.6. The molecule has 3 aromatic rings. The molecule has 0 fully saturated rings. The summed E-state index contributed by atoms with van der Waals surface area (Å²) < 4.78 is 7.30. The van der Waals surface area contributed by atoms with Crippen molar-refractivity contribution in [1.82, 2.24) is 19.6 Å². The van der Waals surface area contributed by atoms with Crippen LogP contribution in [0.3, 0.4) is 0 Å². The van der Waals surface area contributed by atoms with E-state index >= 15 is 0 Å². The maximum Gasteiger partial charge on any atom is 0.298 e. The molecule has 0 bridgehead atoms. The number of ether oxygens (including phenoxy) is 1. The lowest BCUT2D eigenvalue weighted by Gasteiger charge is -2.45. The SMILES string of the molecule is CCOc1ccc2c(c1)C(C)CC(C)(C)N2C(=O)c1nc2nc(C)cc(C)n2n1. The molecule has 0 saturated heterocycles. The Morgan fingerprint density at radius 3 is 2.72 bits per heavy atom. The quantitative estimate of drug-likeness (QED) is 0.671. The largest absolute Gasteiger partial charge is 0.494 e. The molecule has 1 atom stereocenters. The summed E-state index contributed by atoms with van der Waals surface area (Å²) in [6, 6.07) is 7.86. The Labute approximate surface area is 170 Å². The number of nitrogens with zero attached hydrogens (tertiary/aromatic N) is 5. The van der Waals surface area contributed by atoms with Crippen LogP contribution in [0.4, 0.5) is 5.69 Å². The fraction of sp³-hybridized carbons (Fsp3) is 0.455. The van der Waals surface area contributed by atoms with Crippen LogP contribution in [0.5, 0.6) is 5.75 Å². The van der Waals surface area contributed by atoms with E-state index in [9.17, 15) is 4.79 Å². The average Bonchev–Trinajstić information content (AvgIpc) is 3.06. The topological polar surface area (TPSA) is 72.6 Å². The zero-order valence-corrected chi connectivity index (χ0v) is 17.9. The van der Waals surface area contributed by atoms with Gasteiger partial charge < -0.3 is 4.74 Å². The fourth-order valence-corrected chi connectivity index (χ4v) is 4.41. The van der Waals surface area contributed by atoms with E-state index < -0.39 is 0 Å². The molecule has 4 rings (SSSR count). The van der Waals surface area contributed by atoms with Crippen LogP contribution in [-0.2, 0) is 0 Å². The molecule has 3 heterocycles. The van der Waals surface area contributed by atoms with Crippen LogP contribution in [0.2, 0.25) is 0 Å². The summed E-state index contributed by atoms with van der Waals surface area (Å²) in [5.74, 6) is 1.53. The van der Waals surface area contributed by atoms with Crippen molar-refractivity contribution in [3.8, 4) is 5.75 Å². The Kier molecular flexibility index (Phi) is 4.56. The Balaban J connectivity index is 1.82. The van der Waals surface area contributed by atoms with Crippen molar-refractivity contribution in [3.63, 3.8) is 0 Å². The summed E-state index contributed by atoms with van der Waals surface area (Å²) in [7, 11) is 0. The van der Waals surface area contributed by atoms with Gasteiger partial charge in [0.25, 0.3) is 11.7 Å². The van der Waals surface area contributed by atoms with Gasteiger partial charge in [-0.05, 0) is 76.8 Å². The molecule has 1 amide bonds. The van der Waals surface area contributed by atoms with Crippen molar-refractivity contribution >= 4 is 17.4 Å². The highest BCUT2D eigenvalue weighted by molar-refractivity contribution is 6.05. The Morgan fingerprint density at radius 1 is 1.24 bits per heavy atom. The standard InChI is InChI=1S/C22H27N5O2/c1-7-29-16-8-9-18-17(11-16)13(2)12-22(5,6)26(18)20(28)19-24-21-23-14(3)10-15(4)27(21)25-19/h8-11,13H,7,12H2,1-6H3. The fourth-order valence-electron chi connectivity index (χ4n) is 4.41. The third-order valence-corrected chi connectivity index (χ3v) is 5.51. The number of fused-ring (bicyclic) bond motifs is 2. The minimum atomic E-state index is -0.369. The summed E-state index contributed by atoms with van der Waals surface area (Å²) >= 11 is 0. The maximum atomic E-state index is 13.6. The first kappa shape index (κ1) is 19.4. The van der Waals surface area contributed by atoms with Crippen LogP contribution in [0.15, 0.2) is 24.3 Å². The molecule has 0 spiro atoms. The van der Waals surface area contributed by atoms with Crippen LogP contribution in [0.25, 0.3) is 5.78 Å². The minimum Gasteiger partial charge on any atom is -0.494 e. The molecule has 7 nitrogen and oxygen atoms in total. The van der Waals surface area contributed by atoms with Crippen LogP contribution in [0, 0.1) is 13.8 Å². The van der Waals surface area contributed by atoms with Gasteiger partial charge in [0.2, 0.25) is 5.82 Å². The molecule has 7 heteroatoms. The van der Waals surface area contributed by atoms with Gasteiger partial charge >= 0.3 is 0 Å². The molecular weight excluding hydrogens is 366 g/mol. The van der Waals surface area contributed by atoms with Gasteiger partial charge in [-0.1, -0.05) is 6.92 Å². The number of aromatic nitrogens is 4. The lowest BCUT2D eigenvalue weighted by Crippen LogP contribution is -2.52. The molecule has 0 aliphatic carbocycles. The molecule has 1 aromatic carbocycles. The van der Waals surface area contributed by atoms with Crippen molar-refractivity contribution < 1.29 is 9.53 Å². The van der Waals surface area contributed by atoms with Gasteiger partial charge in [-0.2, -0.15) is 4.98 Å². The zero-order valence-electron chi connectivity index (χ0n) is 17.9. The van der Waals surface area contributed by atoms with Gasteiger partial charge in [-0.15, -0.1) is 5.10 Å². The van der Waals surface area contributed by atoms with Crippen molar-refractivity contribution in [1.29, 1.82) is 0 Å². The Morgan fingerprint density at radius 2 is 2.00 bits per heavy atom. The predicted octanol–water partition coefficient (Wildman–Crippen LogP) is 4.07. The van der Waals surface area contributed by atoms with Crippen molar-refractivity contribution in [2.45, 2.75) is 59.4 Å². The van der Waals surface area contributed by atoms with E-state index in [1.54, 1.807) is 4.52 Å². The van der Waals surface area contributed by atoms with E-state index in [0.717, 1.165) is 34.8 Å². The second-order valence-electron chi connectivity index (χ2n) is 8.40. The van der Waals surface area contributed by atoms with Gasteiger partial charge in [0.15, 0.2) is 0 Å². The second kappa shape index (κ2) is 6.83. The van der Waals surface area contributed by atoms with Gasteiger partial charge in [-0.3, -0.25) is 9.69 Å². The first-order valence-corrected chi connectivity index (χ1v) is 10.0. The lowest BCUT2D eigenvalue weighted by atomic mass is 9.80. The third-order valence-electron chi connectivity index (χ3n) is 5.51. The van der Waals surface area contributed by atoms with Gasteiger partial charge in [-0.25, -0.2) is 9.50 Å². The monoisotopic (exact) mass is 393 g/mol. The van der Waals surface area contributed by atoms with E-state index in [2.05, 4.69) is 35.8 Å². The first-order valence-electron chi connectivity index (χ1n) is 10.0. The molecule has 1 aliphatic heterocycles. The molecule has 0 N–H and O–H groups in total. The molecule has 1 unspecified atom stereocenters. The lowest BCUT2D eigenvalue weighted by molar-refractivity contribution is 0.0943. The number of hydrogen-bond acceptors (Lipinski definition) is 5. The van der Waals surface area contributed by atoms with Gasteiger partial charge in [0.05, 0.1) is 6.61 Å². The number of benzene rings is 1. The Bertz CT molecular complexity index is 1100. The highest BCUT2D eigenvalue weighted by atomic mass is 16.5. The molecule has 1 aliphatic rings. The van der Waals surface area contributed by atoms with E-state index in [1.165, 1.54) is 0 Å². The first-order chi connectivity index (χ1) is 13.7. The van der Waals surface area contributed by atoms with Crippen LogP contribution < -0.4 is 9.64 Å².